The van der Waals surface area contributed by atoms with Crippen molar-refractivity contribution >= 4 is 40.7 Å². The van der Waals surface area contributed by atoms with Gasteiger partial charge >= 0.3 is 5.97 Å². The molecular weight excluding hydrogens is 454 g/mol. The minimum Gasteiger partial charge on any atom is -0.480 e. The van der Waals surface area contributed by atoms with Crippen LogP contribution < -0.4 is 0 Å². The number of hydrogen-bond acceptors (Lipinski definition) is 10. The van der Waals surface area contributed by atoms with Crippen LogP contribution in [0.1, 0.15) is 53.0 Å². The van der Waals surface area contributed by atoms with Gasteiger partial charge in [0.2, 0.25) is 0 Å². The molecule has 0 aromatic carbocycles. The number of thioether (sulfide) groups is 2. The zero-order valence-corrected chi connectivity index (χ0v) is 20.3. The Morgan fingerprint density at radius 1 is 1.19 bits per heavy atom. The monoisotopic (exact) mass is 483 g/mol. The molecule has 0 spiro atoms. The van der Waals surface area contributed by atoms with Gasteiger partial charge in [-0.05, 0) is 32.4 Å². The van der Waals surface area contributed by atoms with Crippen LogP contribution in [0, 0.1) is 0 Å². The van der Waals surface area contributed by atoms with Crippen LogP contribution in [0.2, 0.25) is 0 Å². The summed E-state index contributed by atoms with van der Waals surface area (Å²) >= 11 is 3.28. The molecule has 1 aliphatic heterocycles. The van der Waals surface area contributed by atoms with Gasteiger partial charge in [-0.2, -0.15) is 0 Å². The number of aromatic nitrogens is 5. The second-order valence-electron chi connectivity index (χ2n) is 8.33. The Balaban J connectivity index is 1.70. The molecule has 3 heterocycles. The van der Waals surface area contributed by atoms with Crippen LogP contribution in [-0.4, -0.2) is 78.2 Å². The van der Waals surface area contributed by atoms with Crippen molar-refractivity contribution in [3.8, 4) is 0 Å². The van der Waals surface area contributed by atoms with E-state index < -0.39 is 24.0 Å². The molecule has 12 heteroatoms. The molecule has 2 aromatic rings. The topological polar surface area (TPSA) is 121 Å². The molecule has 1 N–H and O–H groups in total. The first kappa shape index (κ1) is 23.7. The molecule has 4 rings (SSSR count). The Kier molecular flexibility index (Phi) is 7.25. The van der Waals surface area contributed by atoms with Gasteiger partial charge in [0.1, 0.15) is 23.8 Å². The van der Waals surface area contributed by atoms with Gasteiger partial charge in [-0.15, -0.1) is 16.9 Å². The van der Waals surface area contributed by atoms with Crippen LogP contribution in [0.3, 0.4) is 0 Å². The molecule has 1 saturated carbocycles. The predicted octanol–water partition coefficient (Wildman–Crippen LogP) is 3.16. The Morgan fingerprint density at radius 2 is 1.91 bits per heavy atom. The minimum atomic E-state index is -1.02. The van der Waals surface area contributed by atoms with Crippen molar-refractivity contribution in [2.45, 2.75) is 87.3 Å². The summed E-state index contributed by atoms with van der Waals surface area (Å²) in [5, 5.41) is 19.5. The normalized spacial score (nSPS) is 26.6. The minimum absolute atomic E-state index is 0.242. The van der Waals surface area contributed by atoms with Gasteiger partial charge in [0.05, 0.1) is 12.1 Å². The van der Waals surface area contributed by atoms with Crippen molar-refractivity contribution in [3.05, 3.63) is 0 Å². The van der Waals surface area contributed by atoms with Crippen molar-refractivity contribution in [2.75, 3.05) is 18.1 Å². The fourth-order valence-corrected chi connectivity index (χ4v) is 5.62. The summed E-state index contributed by atoms with van der Waals surface area (Å²) in [6.45, 7) is 7.55. The SMILES string of the molecule is CCCSc1nc(SCCC)c2nnn([C@H]3C[C@@H](OCC(=O)O)[C@@H]4OC(C)(C)O[C@@H]43)c2n1. The molecule has 32 heavy (non-hydrogen) atoms. The molecular formula is C20H29N5O5S2. The maximum atomic E-state index is 11.1. The molecule has 0 amide bonds. The molecule has 2 aromatic heterocycles. The lowest BCUT2D eigenvalue weighted by Gasteiger charge is -2.23. The number of hydrogen-bond donors (Lipinski definition) is 1. The second kappa shape index (κ2) is 9.80. The Labute approximate surface area is 195 Å². The van der Waals surface area contributed by atoms with Crippen molar-refractivity contribution in [2.24, 2.45) is 0 Å². The lowest BCUT2D eigenvalue weighted by atomic mass is 10.2. The number of ether oxygens (including phenoxy) is 3. The third-order valence-corrected chi connectivity index (χ3v) is 7.49. The molecule has 2 aliphatic rings. The lowest BCUT2D eigenvalue weighted by molar-refractivity contribution is -0.173. The highest BCUT2D eigenvalue weighted by Crippen LogP contribution is 2.45. The maximum absolute atomic E-state index is 11.1. The lowest BCUT2D eigenvalue weighted by Crippen LogP contribution is -2.32. The first-order valence-corrected chi connectivity index (χ1v) is 12.9. The van der Waals surface area contributed by atoms with Crippen LogP contribution in [0.25, 0.3) is 11.2 Å². The average molecular weight is 484 g/mol. The van der Waals surface area contributed by atoms with Crippen LogP contribution >= 0.6 is 23.5 Å². The van der Waals surface area contributed by atoms with Crippen LogP contribution in [0.5, 0.6) is 0 Å². The summed E-state index contributed by atoms with van der Waals surface area (Å²) in [4.78, 5) is 20.6. The first-order valence-electron chi connectivity index (χ1n) is 10.9. The summed E-state index contributed by atoms with van der Waals surface area (Å²) in [6.07, 6.45) is 1.38. The third kappa shape index (κ3) is 4.89. The number of nitrogens with zero attached hydrogens (tertiary/aromatic N) is 5. The predicted molar refractivity (Wildman–Crippen MR) is 120 cm³/mol. The zero-order valence-electron chi connectivity index (χ0n) is 18.7. The highest BCUT2D eigenvalue weighted by Gasteiger charge is 2.56. The van der Waals surface area contributed by atoms with Gasteiger partial charge in [-0.25, -0.2) is 19.4 Å². The number of carboxylic acids is 1. The highest BCUT2D eigenvalue weighted by atomic mass is 32.2. The molecule has 10 nitrogen and oxygen atoms in total. The standard InChI is InChI=1S/C20H29N5O5S2/c1-5-7-31-18-14-17(21-19(22-18)32-8-6-2)25(24-23-14)11-9-12(28-10-13(26)27)16-15(11)29-20(3,4)30-16/h11-12,15-16H,5-10H2,1-4H3,(H,26,27)/t11-,12+,15+,16-/m0/s1. The van der Waals surface area contributed by atoms with E-state index >= 15 is 0 Å². The van der Waals surface area contributed by atoms with Gasteiger partial charge in [-0.1, -0.05) is 30.8 Å². The number of fused-ring (bicyclic) bond motifs is 2. The Bertz CT molecular complexity index is 971. The fraction of sp³-hybridized carbons (Fsp3) is 0.750. The van der Waals surface area contributed by atoms with Crippen molar-refractivity contribution in [1.29, 1.82) is 0 Å². The first-order chi connectivity index (χ1) is 15.3. The summed E-state index contributed by atoms with van der Waals surface area (Å²) in [5.41, 5.74) is 1.34. The molecule has 1 aliphatic carbocycles. The van der Waals surface area contributed by atoms with Gasteiger partial charge in [0.25, 0.3) is 0 Å². The third-order valence-electron chi connectivity index (χ3n) is 5.27. The van der Waals surface area contributed by atoms with E-state index in [9.17, 15) is 4.79 Å². The van der Waals surface area contributed by atoms with Crippen LogP contribution in [0.15, 0.2) is 10.2 Å². The smallest absolute Gasteiger partial charge is 0.329 e. The second-order valence-corrected chi connectivity index (χ2v) is 10.5. The zero-order chi connectivity index (χ0) is 22.9. The Morgan fingerprint density at radius 3 is 2.62 bits per heavy atom. The average Bonchev–Trinajstić information content (AvgIpc) is 3.39. The molecule has 4 atom stereocenters. The van der Waals surface area contributed by atoms with E-state index in [2.05, 4.69) is 24.2 Å². The van der Waals surface area contributed by atoms with Gasteiger partial charge in [0.15, 0.2) is 22.1 Å². The largest absolute Gasteiger partial charge is 0.480 e. The summed E-state index contributed by atoms with van der Waals surface area (Å²) in [5.74, 6) is 0.0442. The van der Waals surface area contributed by atoms with Crippen molar-refractivity contribution in [3.63, 3.8) is 0 Å². The van der Waals surface area contributed by atoms with Crippen molar-refractivity contribution in [1.82, 2.24) is 25.0 Å². The molecule has 0 unspecified atom stereocenters. The number of rotatable bonds is 10. The van der Waals surface area contributed by atoms with Gasteiger partial charge < -0.3 is 19.3 Å². The van der Waals surface area contributed by atoms with Gasteiger partial charge in [0, 0.05) is 12.2 Å². The van der Waals surface area contributed by atoms with E-state index in [4.69, 9.17) is 29.3 Å². The van der Waals surface area contributed by atoms with E-state index in [-0.39, 0.29) is 18.8 Å². The number of aliphatic carboxylic acids is 1. The van der Waals surface area contributed by atoms with Crippen LogP contribution in [-0.2, 0) is 19.0 Å². The molecule has 1 saturated heterocycles. The highest BCUT2D eigenvalue weighted by molar-refractivity contribution is 7.99. The van der Waals surface area contributed by atoms with Gasteiger partial charge in [-0.3, -0.25) is 0 Å². The maximum Gasteiger partial charge on any atom is 0.329 e. The summed E-state index contributed by atoms with van der Waals surface area (Å²) < 4.78 is 19.7. The van der Waals surface area contributed by atoms with E-state index in [0.29, 0.717) is 22.7 Å². The summed E-state index contributed by atoms with van der Waals surface area (Å²) in [7, 11) is 0. The number of carbonyl (C=O) groups is 1. The fourth-order valence-electron chi connectivity index (χ4n) is 4.06. The van der Waals surface area contributed by atoms with E-state index in [1.165, 1.54) is 0 Å². The molecule has 176 valence electrons. The Hall–Kier alpha value is -1.47. The summed E-state index contributed by atoms with van der Waals surface area (Å²) in [6, 6.07) is -0.242. The molecule has 0 bridgehead atoms. The van der Waals surface area contributed by atoms with Crippen LogP contribution in [0.4, 0.5) is 0 Å². The molecule has 2 fully saturated rings. The van der Waals surface area contributed by atoms with E-state index in [1.807, 2.05) is 13.8 Å². The quantitative estimate of drug-likeness (QED) is 0.305. The number of carboxylic acid groups (broad SMARTS) is 1. The molecule has 0 radical (unpaired) electrons. The van der Waals surface area contributed by atoms with Crippen molar-refractivity contribution < 1.29 is 24.1 Å². The van der Waals surface area contributed by atoms with E-state index in [1.54, 1.807) is 28.2 Å². The van der Waals surface area contributed by atoms with E-state index in [0.717, 1.165) is 29.4 Å².